The van der Waals surface area contributed by atoms with Crippen LogP contribution in [0.2, 0.25) is 0 Å². The monoisotopic (exact) mass is 253 g/mol. The van der Waals surface area contributed by atoms with Crippen molar-refractivity contribution >= 4 is 0 Å². The van der Waals surface area contributed by atoms with Crippen LogP contribution >= 0.6 is 0 Å². The van der Waals surface area contributed by atoms with Crippen molar-refractivity contribution < 1.29 is 13.5 Å². The third-order valence-electron chi connectivity index (χ3n) is 4.37. The standard InChI is InChI=1S/C14H17F2NO/c15-11-5-10(6-12(16)7-11)14(17)8-13(9-14)1-3-18-4-2-13/h5-7H,1-4,8-9,17H2. The SMILES string of the molecule is NC1(c2cc(F)cc(F)c2)CC2(CCOCC2)C1. The van der Waals surface area contributed by atoms with Gasteiger partial charge < -0.3 is 10.5 Å². The van der Waals surface area contributed by atoms with Gasteiger partial charge >= 0.3 is 0 Å². The summed E-state index contributed by atoms with van der Waals surface area (Å²) in [6.45, 7) is 1.54. The normalized spacial score (nSPS) is 24.8. The zero-order valence-electron chi connectivity index (χ0n) is 10.2. The van der Waals surface area contributed by atoms with Crippen LogP contribution < -0.4 is 5.73 Å². The summed E-state index contributed by atoms with van der Waals surface area (Å²) in [7, 11) is 0. The van der Waals surface area contributed by atoms with Gasteiger partial charge in [0.15, 0.2) is 0 Å². The minimum absolute atomic E-state index is 0.232. The van der Waals surface area contributed by atoms with Crippen molar-refractivity contribution in [2.75, 3.05) is 13.2 Å². The molecule has 2 aliphatic rings. The highest BCUT2D eigenvalue weighted by molar-refractivity contribution is 5.30. The van der Waals surface area contributed by atoms with Gasteiger partial charge in [0.2, 0.25) is 0 Å². The Morgan fingerprint density at radius 1 is 1.00 bits per heavy atom. The van der Waals surface area contributed by atoms with E-state index in [0.29, 0.717) is 5.56 Å². The molecule has 1 saturated carbocycles. The number of halogens is 2. The highest BCUT2D eigenvalue weighted by atomic mass is 19.1. The van der Waals surface area contributed by atoms with Gasteiger partial charge in [0, 0.05) is 24.8 Å². The van der Waals surface area contributed by atoms with E-state index in [4.69, 9.17) is 10.5 Å². The molecule has 98 valence electrons. The van der Waals surface area contributed by atoms with Crippen LogP contribution in [0.3, 0.4) is 0 Å². The third-order valence-corrected chi connectivity index (χ3v) is 4.37. The number of hydrogen-bond donors (Lipinski definition) is 1. The topological polar surface area (TPSA) is 35.2 Å². The molecule has 1 spiro atoms. The first kappa shape index (κ1) is 12.1. The Hall–Kier alpha value is -1.00. The van der Waals surface area contributed by atoms with Crippen molar-refractivity contribution in [2.45, 2.75) is 31.2 Å². The van der Waals surface area contributed by atoms with E-state index >= 15 is 0 Å². The fraction of sp³-hybridized carbons (Fsp3) is 0.571. The third kappa shape index (κ3) is 1.93. The lowest BCUT2D eigenvalue weighted by atomic mass is 9.52. The first-order valence-corrected chi connectivity index (χ1v) is 6.35. The van der Waals surface area contributed by atoms with E-state index in [1.165, 1.54) is 12.1 Å². The summed E-state index contributed by atoms with van der Waals surface area (Å²) in [5.74, 6) is -1.11. The number of benzene rings is 1. The zero-order chi connectivity index (χ0) is 12.8. The van der Waals surface area contributed by atoms with Gasteiger partial charge in [-0.2, -0.15) is 0 Å². The van der Waals surface area contributed by atoms with E-state index in [2.05, 4.69) is 0 Å². The predicted octanol–water partition coefficient (Wildman–Crippen LogP) is 2.71. The van der Waals surface area contributed by atoms with E-state index in [0.717, 1.165) is 45.0 Å². The second kappa shape index (κ2) is 4.00. The van der Waals surface area contributed by atoms with Crippen molar-refractivity contribution in [3.63, 3.8) is 0 Å². The minimum Gasteiger partial charge on any atom is -0.381 e. The van der Waals surface area contributed by atoms with E-state index < -0.39 is 17.2 Å². The van der Waals surface area contributed by atoms with Crippen LogP contribution in [0.25, 0.3) is 0 Å². The largest absolute Gasteiger partial charge is 0.381 e. The van der Waals surface area contributed by atoms with Crippen LogP contribution in [-0.2, 0) is 10.3 Å². The van der Waals surface area contributed by atoms with E-state index in [1.54, 1.807) is 0 Å². The van der Waals surface area contributed by atoms with Crippen LogP contribution in [0.15, 0.2) is 18.2 Å². The second-order valence-electron chi connectivity index (χ2n) is 5.78. The summed E-state index contributed by atoms with van der Waals surface area (Å²) >= 11 is 0. The maximum absolute atomic E-state index is 13.2. The van der Waals surface area contributed by atoms with Crippen molar-refractivity contribution in [3.8, 4) is 0 Å². The summed E-state index contributed by atoms with van der Waals surface area (Å²) in [6.07, 6.45) is 3.60. The van der Waals surface area contributed by atoms with E-state index in [1.807, 2.05) is 0 Å². The lowest BCUT2D eigenvalue weighted by Gasteiger charge is -2.56. The Kier molecular flexibility index (Phi) is 2.68. The second-order valence-corrected chi connectivity index (χ2v) is 5.78. The fourth-order valence-electron chi connectivity index (χ4n) is 3.49. The van der Waals surface area contributed by atoms with Gasteiger partial charge in [-0.3, -0.25) is 0 Å². The quantitative estimate of drug-likeness (QED) is 0.835. The molecule has 0 amide bonds. The molecule has 0 radical (unpaired) electrons. The molecule has 0 aromatic heterocycles. The first-order valence-electron chi connectivity index (χ1n) is 6.35. The van der Waals surface area contributed by atoms with Gasteiger partial charge in [-0.15, -0.1) is 0 Å². The summed E-state index contributed by atoms with van der Waals surface area (Å²) in [6, 6.07) is 3.60. The van der Waals surface area contributed by atoms with Gasteiger partial charge in [-0.1, -0.05) is 0 Å². The lowest BCUT2D eigenvalue weighted by Crippen LogP contribution is -2.57. The Balaban J connectivity index is 1.81. The van der Waals surface area contributed by atoms with Gasteiger partial charge in [0.05, 0.1) is 0 Å². The highest BCUT2D eigenvalue weighted by Crippen LogP contribution is 2.57. The Morgan fingerprint density at radius 2 is 1.56 bits per heavy atom. The molecule has 0 bridgehead atoms. The predicted molar refractivity (Wildman–Crippen MR) is 63.9 cm³/mol. The molecule has 0 unspecified atom stereocenters. The number of hydrogen-bond acceptors (Lipinski definition) is 2. The van der Waals surface area contributed by atoms with Crippen LogP contribution in [-0.4, -0.2) is 13.2 Å². The fourth-order valence-corrected chi connectivity index (χ4v) is 3.49. The summed E-state index contributed by atoms with van der Waals surface area (Å²) in [4.78, 5) is 0. The highest BCUT2D eigenvalue weighted by Gasteiger charge is 2.53. The van der Waals surface area contributed by atoms with Crippen LogP contribution in [0.5, 0.6) is 0 Å². The molecule has 1 aliphatic heterocycles. The van der Waals surface area contributed by atoms with Crippen molar-refractivity contribution in [2.24, 2.45) is 11.1 Å². The van der Waals surface area contributed by atoms with Crippen molar-refractivity contribution in [1.82, 2.24) is 0 Å². The number of nitrogens with two attached hydrogens (primary N) is 1. The molecular formula is C14H17F2NO. The molecule has 1 heterocycles. The molecule has 3 rings (SSSR count). The molecule has 4 heteroatoms. The van der Waals surface area contributed by atoms with Crippen LogP contribution in [0.4, 0.5) is 8.78 Å². The smallest absolute Gasteiger partial charge is 0.126 e. The summed E-state index contributed by atoms with van der Waals surface area (Å²) in [5, 5.41) is 0. The molecule has 1 saturated heterocycles. The molecule has 1 aromatic carbocycles. The summed E-state index contributed by atoms with van der Waals surface area (Å²) in [5.41, 5.74) is 6.54. The average Bonchev–Trinajstić information content (AvgIpc) is 2.27. The van der Waals surface area contributed by atoms with Gasteiger partial charge in [-0.25, -0.2) is 8.78 Å². The van der Waals surface area contributed by atoms with E-state index in [9.17, 15) is 8.78 Å². The molecular weight excluding hydrogens is 236 g/mol. The Labute approximate surface area is 105 Å². The number of ether oxygens (including phenoxy) is 1. The molecule has 1 aliphatic carbocycles. The zero-order valence-corrected chi connectivity index (χ0v) is 10.2. The van der Waals surface area contributed by atoms with Gasteiger partial charge in [0.1, 0.15) is 11.6 Å². The maximum atomic E-state index is 13.2. The van der Waals surface area contributed by atoms with Crippen LogP contribution in [0, 0.1) is 17.0 Å². The molecule has 0 atom stereocenters. The Morgan fingerprint density at radius 3 is 2.11 bits per heavy atom. The Bertz CT molecular complexity index is 441. The lowest BCUT2D eigenvalue weighted by molar-refractivity contribution is -0.0726. The molecule has 2 N–H and O–H groups in total. The summed E-state index contributed by atoms with van der Waals surface area (Å²) < 4.78 is 31.8. The van der Waals surface area contributed by atoms with Crippen molar-refractivity contribution in [3.05, 3.63) is 35.4 Å². The van der Waals surface area contributed by atoms with Gasteiger partial charge in [-0.05, 0) is 48.8 Å². The average molecular weight is 253 g/mol. The van der Waals surface area contributed by atoms with E-state index in [-0.39, 0.29) is 5.41 Å². The molecule has 18 heavy (non-hydrogen) atoms. The van der Waals surface area contributed by atoms with Crippen molar-refractivity contribution in [1.29, 1.82) is 0 Å². The van der Waals surface area contributed by atoms with Crippen LogP contribution in [0.1, 0.15) is 31.2 Å². The molecule has 1 aromatic rings. The molecule has 2 fully saturated rings. The maximum Gasteiger partial charge on any atom is 0.126 e. The minimum atomic E-state index is -0.569. The van der Waals surface area contributed by atoms with Gasteiger partial charge in [0.25, 0.3) is 0 Å². The number of rotatable bonds is 1. The first-order chi connectivity index (χ1) is 8.51. The molecule has 2 nitrogen and oxygen atoms in total.